The lowest BCUT2D eigenvalue weighted by Crippen LogP contribution is -2.10. The Balaban J connectivity index is 2.24. The SMILES string of the molecule is CCC(C)c1ccc(-c2ccc(C(C)(C)C)cc2)cc1. The Morgan fingerprint density at radius 2 is 1.25 bits per heavy atom. The van der Waals surface area contributed by atoms with Crippen LogP contribution in [-0.4, -0.2) is 0 Å². The van der Waals surface area contributed by atoms with E-state index in [4.69, 9.17) is 0 Å². The number of rotatable bonds is 3. The zero-order chi connectivity index (χ0) is 14.8. The van der Waals surface area contributed by atoms with Gasteiger partial charge in [-0.3, -0.25) is 0 Å². The molecule has 0 aliphatic carbocycles. The van der Waals surface area contributed by atoms with Gasteiger partial charge in [-0.1, -0.05) is 83.1 Å². The van der Waals surface area contributed by atoms with Gasteiger partial charge in [-0.15, -0.1) is 0 Å². The van der Waals surface area contributed by atoms with Gasteiger partial charge >= 0.3 is 0 Å². The zero-order valence-electron chi connectivity index (χ0n) is 13.4. The van der Waals surface area contributed by atoms with Crippen LogP contribution in [-0.2, 0) is 5.41 Å². The number of hydrogen-bond acceptors (Lipinski definition) is 0. The van der Waals surface area contributed by atoms with Crippen LogP contribution in [0.15, 0.2) is 48.5 Å². The summed E-state index contributed by atoms with van der Waals surface area (Å²) in [6, 6.07) is 18.0. The van der Waals surface area contributed by atoms with Gasteiger partial charge in [-0.05, 0) is 40.0 Å². The van der Waals surface area contributed by atoms with Crippen LogP contribution in [0.2, 0.25) is 0 Å². The molecule has 2 aromatic rings. The molecule has 0 amide bonds. The molecule has 0 heteroatoms. The van der Waals surface area contributed by atoms with E-state index in [0.29, 0.717) is 5.92 Å². The van der Waals surface area contributed by atoms with Crippen molar-refractivity contribution in [3.63, 3.8) is 0 Å². The third-order valence-corrected chi connectivity index (χ3v) is 4.18. The van der Waals surface area contributed by atoms with Crippen LogP contribution in [0.25, 0.3) is 11.1 Å². The molecule has 0 fully saturated rings. The highest BCUT2D eigenvalue weighted by atomic mass is 14.2. The molecule has 0 saturated heterocycles. The van der Waals surface area contributed by atoms with E-state index in [1.807, 2.05) is 0 Å². The average molecular weight is 266 g/mol. The van der Waals surface area contributed by atoms with Crippen molar-refractivity contribution in [2.45, 2.75) is 52.4 Å². The molecule has 2 rings (SSSR count). The van der Waals surface area contributed by atoms with Gasteiger partial charge in [-0.25, -0.2) is 0 Å². The van der Waals surface area contributed by atoms with Gasteiger partial charge in [0.25, 0.3) is 0 Å². The first-order valence-electron chi connectivity index (χ1n) is 7.62. The predicted octanol–water partition coefficient (Wildman–Crippen LogP) is 6.16. The van der Waals surface area contributed by atoms with Gasteiger partial charge in [0.15, 0.2) is 0 Å². The van der Waals surface area contributed by atoms with Crippen molar-refractivity contribution in [1.82, 2.24) is 0 Å². The van der Waals surface area contributed by atoms with E-state index in [-0.39, 0.29) is 5.41 Å². The fraction of sp³-hybridized carbons (Fsp3) is 0.400. The molecule has 20 heavy (non-hydrogen) atoms. The zero-order valence-corrected chi connectivity index (χ0v) is 13.4. The maximum atomic E-state index is 2.28. The number of benzene rings is 2. The molecule has 0 N–H and O–H groups in total. The van der Waals surface area contributed by atoms with E-state index in [1.54, 1.807) is 0 Å². The molecule has 2 aromatic carbocycles. The summed E-state index contributed by atoms with van der Waals surface area (Å²) in [4.78, 5) is 0. The lowest BCUT2D eigenvalue weighted by atomic mass is 9.86. The smallest absolute Gasteiger partial charge is 0.0132 e. The van der Waals surface area contributed by atoms with Gasteiger partial charge in [0, 0.05) is 0 Å². The maximum absolute atomic E-state index is 2.28. The Morgan fingerprint density at radius 3 is 1.65 bits per heavy atom. The molecule has 0 heterocycles. The van der Waals surface area contributed by atoms with Crippen LogP contribution in [0.1, 0.15) is 58.1 Å². The molecule has 0 saturated carbocycles. The topological polar surface area (TPSA) is 0 Å². The molecular formula is C20H26. The molecular weight excluding hydrogens is 240 g/mol. The summed E-state index contributed by atoms with van der Waals surface area (Å²) in [6.45, 7) is 11.3. The van der Waals surface area contributed by atoms with E-state index < -0.39 is 0 Å². The Hall–Kier alpha value is -1.56. The minimum Gasteiger partial charge on any atom is -0.0648 e. The quantitative estimate of drug-likeness (QED) is 0.623. The van der Waals surface area contributed by atoms with Gasteiger partial charge in [-0.2, -0.15) is 0 Å². The lowest BCUT2D eigenvalue weighted by Gasteiger charge is -2.19. The highest BCUT2D eigenvalue weighted by molar-refractivity contribution is 5.64. The fourth-order valence-electron chi connectivity index (χ4n) is 2.40. The molecule has 0 spiro atoms. The Labute approximate surface area is 123 Å². The molecule has 0 bridgehead atoms. The monoisotopic (exact) mass is 266 g/mol. The van der Waals surface area contributed by atoms with E-state index in [2.05, 4.69) is 83.1 Å². The van der Waals surface area contributed by atoms with E-state index >= 15 is 0 Å². The standard InChI is InChI=1S/C20H26/c1-6-15(2)16-7-9-17(10-8-16)18-11-13-19(14-12-18)20(3,4)5/h7-15H,6H2,1-5H3. The van der Waals surface area contributed by atoms with Crippen molar-refractivity contribution in [2.75, 3.05) is 0 Å². The second-order valence-electron chi connectivity index (χ2n) is 6.76. The summed E-state index contributed by atoms with van der Waals surface area (Å²) < 4.78 is 0. The summed E-state index contributed by atoms with van der Waals surface area (Å²) in [5, 5.41) is 0. The lowest BCUT2D eigenvalue weighted by molar-refractivity contribution is 0.590. The van der Waals surface area contributed by atoms with E-state index in [0.717, 1.165) is 0 Å². The van der Waals surface area contributed by atoms with Crippen LogP contribution in [0, 0.1) is 0 Å². The normalized spacial score (nSPS) is 13.2. The van der Waals surface area contributed by atoms with Crippen molar-refractivity contribution in [1.29, 1.82) is 0 Å². The van der Waals surface area contributed by atoms with Crippen molar-refractivity contribution in [3.8, 4) is 11.1 Å². The molecule has 1 atom stereocenters. The summed E-state index contributed by atoms with van der Waals surface area (Å²) in [7, 11) is 0. The van der Waals surface area contributed by atoms with Crippen LogP contribution in [0.4, 0.5) is 0 Å². The van der Waals surface area contributed by atoms with Crippen molar-refractivity contribution < 1.29 is 0 Å². The first-order chi connectivity index (χ1) is 9.41. The molecule has 0 aromatic heterocycles. The number of hydrogen-bond donors (Lipinski definition) is 0. The minimum atomic E-state index is 0.221. The largest absolute Gasteiger partial charge is 0.0648 e. The predicted molar refractivity (Wildman–Crippen MR) is 89.3 cm³/mol. The Bertz CT molecular complexity index is 538. The third kappa shape index (κ3) is 3.30. The second kappa shape index (κ2) is 5.83. The molecule has 0 nitrogen and oxygen atoms in total. The summed E-state index contributed by atoms with van der Waals surface area (Å²) >= 11 is 0. The summed E-state index contributed by atoms with van der Waals surface area (Å²) in [5.74, 6) is 0.646. The summed E-state index contributed by atoms with van der Waals surface area (Å²) in [6.07, 6.45) is 1.19. The van der Waals surface area contributed by atoms with Crippen LogP contribution in [0.5, 0.6) is 0 Å². The highest BCUT2D eigenvalue weighted by Gasteiger charge is 2.13. The second-order valence-corrected chi connectivity index (χ2v) is 6.76. The maximum Gasteiger partial charge on any atom is -0.0132 e. The van der Waals surface area contributed by atoms with Crippen LogP contribution in [0.3, 0.4) is 0 Å². The van der Waals surface area contributed by atoms with E-state index in [1.165, 1.54) is 28.7 Å². The van der Waals surface area contributed by atoms with Gasteiger partial charge in [0.05, 0.1) is 0 Å². The van der Waals surface area contributed by atoms with Crippen molar-refractivity contribution in [3.05, 3.63) is 59.7 Å². The highest BCUT2D eigenvalue weighted by Crippen LogP contribution is 2.27. The molecule has 0 aliphatic heterocycles. The van der Waals surface area contributed by atoms with Gasteiger partial charge in [0.2, 0.25) is 0 Å². The first-order valence-corrected chi connectivity index (χ1v) is 7.62. The van der Waals surface area contributed by atoms with Crippen molar-refractivity contribution in [2.24, 2.45) is 0 Å². The van der Waals surface area contributed by atoms with Gasteiger partial charge in [0.1, 0.15) is 0 Å². The van der Waals surface area contributed by atoms with Crippen molar-refractivity contribution >= 4 is 0 Å². The van der Waals surface area contributed by atoms with Crippen LogP contribution < -0.4 is 0 Å². The molecule has 106 valence electrons. The summed E-state index contributed by atoms with van der Waals surface area (Å²) in [5.41, 5.74) is 5.64. The third-order valence-electron chi connectivity index (χ3n) is 4.18. The first kappa shape index (κ1) is 14.8. The van der Waals surface area contributed by atoms with Crippen LogP contribution >= 0.6 is 0 Å². The van der Waals surface area contributed by atoms with Gasteiger partial charge < -0.3 is 0 Å². The fourth-order valence-corrected chi connectivity index (χ4v) is 2.40. The Kier molecular flexibility index (Phi) is 4.32. The molecule has 1 unspecified atom stereocenters. The Morgan fingerprint density at radius 1 is 0.800 bits per heavy atom. The average Bonchev–Trinajstić information content (AvgIpc) is 2.46. The minimum absolute atomic E-state index is 0.221. The molecule has 0 aliphatic rings. The van der Waals surface area contributed by atoms with E-state index in [9.17, 15) is 0 Å². The molecule has 0 radical (unpaired) electrons.